The third-order valence-electron chi connectivity index (χ3n) is 7.69. The molecular formula is C28H32N4. The summed E-state index contributed by atoms with van der Waals surface area (Å²) in [5, 5.41) is 0. The molecule has 3 saturated heterocycles. The highest BCUT2D eigenvalue weighted by Crippen LogP contribution is 2.43. The largest absolute Gasteiger partial charge is 0.284 e. The first-order chi connectivity index (χ1) is 15.9. The summed E-state index contributed by atoms with van der Waals surface area (Å²) in [7, 11) is 0. The zero-order chi connectivity index (χ0) is 21.4. The Labute approximate surface area is 191 Å². The second-order valence-corrected chi connectivity index (χ2v) is 9.25. The molecule has 0 spiro atoms. The van der Waals surface area contributed by atoms with Crippen LogP contribution in [-0.2, 0) is 5.54 Å². The van der Waals surface area contributed by atoms with E-state index in [2.05, 4.69) is 111 Å². The predicted molar refractivity (Wildman–Crippen MR) is 129 cm³/mol. The van der Waals surface area contributed by atoms with Crippen LogP contribution in [0.1, 0.15) is 16.7 Å². The number of rotatable bonds is 4. The Kier molecular flexibility index (Phi) is 5.32. The van der Waals surface area contributed by atoms with Crippen LogP contribution in [0.4, 0.5) is 0 Å². The van der Waals surface area contributed by atoms with Crippen LogP contribution in [0.5, 0.6) is 0 Å². The molecule has 0 saturated carbocycles. The third kappa shape index (κ3) is 3.22. The average Bonchev–Trinajstić information content (AvgIpc) is 3.43. The molecule has 3 fully saturated rings. The molecule has 0 aliphatic carbocycles. The molecule has 0 amide bonds. The quantitative estimate of drug-likeness (QED) is 0.594. The smallest absolute Gasteiger partial charge is 0.119 e. The molecule has 3 heterocycles. The molecule has 3 aliphatic rings. The van der Waals surface area contributed by atoms with Crippen molar-refractivity contribution in [3.05, 3.63) is 108 Å². The number of benzene rings is 3. The molecule has 0 unspecified atom stereocenters. The van der Waals surface area contributed by atoms with Crippen LogP contribution in [-0.4, -0.2) is 78.2 Å². The van der Waals surface area contributed by atoms with E-state index in [1.807, 2.05) is 0 Å². The fourth-order valence-electron chi connectivity index (χ4n) is 6.27. The maximum Gasteiger partial charge on any atom is 0.119 e. The van der Waals surface area contributed by atoms with Gasteiger partial charge in [-0.2, -0.15) is 0 Å². The standard InChI is InChI=1S/C28H32N4/c1-4-10-24(11-5-1)28(25-12-6-2-7-13-25,26-14-8-3-9-15-26)32-22-20-30-18-16-29-17-19-31(21-23-32)27(29)30/h1-15,27H,16-23H2. The van der Waals surface area contributed by atoms with Gasteiger partial charge in [0.25, 0.3) is 0 Å². The first kappa shape index (κ1) is 20.1. The lowest BCUT2D eigenvalue weighted by Crippen LogP contribution is -2.58. The summed E-state index contributed by atoms with van der Waals surface area (Å²) >= 11 is 0. The van der Waals surface area contributed by atoms with Crippen LogP contribution in [0.15, 0.2) is 91.0 Å². The lowest BCUT2D eigenvalue weighted by Gasteiger charge is -2.48. The highest BCUT2D eigenvalue weighted by molar-refractivity contribution is 5.49. The highest BCUT2D eigenvalue weighted by atomic mass is 15.6. The SMILES string of the molecule is c1ccc(C(c2ccccc2)(c2ccccc2)N2CCN3CCN4CCN(CC2)C43)cc1. The summed E-state index contributed by atoms with van der Waals surface area (Å²) < 4.78 is 0. The van der Waals surface area contributed by atoms with E-state index >= 15 is 0 Å². The van der Waals surface area contributed by atoms with Gasteiger partial charge >= 0.3 is 0 Å². The van der Waals surface area contributed by atoms with Gasteiger partial charge in [-0.25, -0.2) is 0 Å². The van der Waals surface area contributed by atoms with E-state index in [0.29, 0.717) is 6.29 Å². The molecule has 0 N–H and O–H groups in total. The highest BCUT2D eigenvalue weighted by Gasteiger charge is 2.46. The number of nitrogens with zero attached hydrogens (tertiary/aromatic N) is 4. The Hall–Kier alpha value is -2.50. The zero-order valence-electron chi connectivity index (χ0n) is 18.7. The van der Waals surface area contributed by atoms with Gasteiger partial charge in [0, 0.05) is 52.4 Å². The van der Waals surface area contributed by atoms with Crippen molar-refractivity contribution in [2.45, 2.75) is 11.8 Å². The summed E-state index contributed by atoms with van der Waals surface area (Å²) in [6.45, 7) is 9.10. The molecule has 0 bridgehead atoms. The van der Waals surface area contributed by atoms with Crippen LogP contribution in [0.25, 0.3) is 0 Å². The van der Waals surface area contributed by atoms with Gasteiger partial charge in [-0.05, 0) is 16.7 Å². The van der Waals surface area contributed by atoms with Gasteiger partial charge < -0.3 is 0 Å². The maximum absolute atomic E-state index is 2.75. The molecule has 4 nitrogen and oxygen atoms in total. The van der Waals surface area contributed by atoms with Crippen molar-refractivity contribution in [3.8, 4) is 0 Å². The van der Waals surface area contributed by atoms with Gasteiger partial charge in [-0.15, -0.1) is 0 Å². The van der Waals surface area contributed by atoms with Crippen molar-refractivity contribution in [2.24, 2.45) is 0 Å². The number of hydrogen-bond acceptors (Lipinski definition) is 4. The van der Waals surface area contributed by atoms with Crippen LogP contribution < -0.4 is 0 Å². The lowest BCUT2D eigenvalue weighted by atomic mass is 9.75. The molecule has 3 aliphatic heterocycles. The molecule has 32 heavy (non-hydrogen) atoms. The molecule has 164 valence electrons. The minimum Gasteiger partial charge on any atom is -0.284 e. The van der Waals surface area contributed by atoms with E-state index in [1.54, 1.807) is 0 Å². The van der Waals surface area contributed by atoms with Crippen molar-refractivity contribution >= 4 is 0 Å². The van der Waals surface area contributed by atoms with Crippen LogP contribution in [0.3, 0.4) is 0 Å². The molecular weight excluding hydrogens is 392 g/mol. The first-order valence-electron chi connectivity index (χ1n) is 12.0. The van der Waals surface area contributed by atoms with Gasteiger partial charge in [0.2, 0.25) is 0 Å². The Morgan fingerprint density at radius 3 is 1.09 bits per heavy atom. The van der Waals surface area contributed by atoms with Crippen molar-refractivity contribution < 1.29 is 0 Å². The third-order valence-corrected chi connectivity index (χ3v) is 7.69. The van der Waals surface area contributed by atoms with Crippen LogP contribution >= 0.6 is 0 Å². The van der Waals surface area contributed by atoms with Crippen LogP contribution in [0, 0.1) is 0 Å². The minimum atomic E-state index is -0.310. The van der Waals surface area contributed by atoms with E-state index in [4.69, 9.17) is 0 Å². The topological polar surface area (TPSA) is 13.0 Å². The van der Waals surface area contributed by atoms with Crippen molar-refractivity contribution in [1.29, 1.82) is 0 Å². The Bertz CT molecular complexity index is 906. The molecule has 0 aromatic heterocycles. The summed E-state index contributed by atoms with van der Waals surface area (Å²) in [5.41, 5.74) is 3.73. The summed E-state index contributed by atoms with van der Waals surface area (Å²) in [4.78, 5) is 10.8. The maximum atomic E-state index is 2.75. The van der Waals surface area contributed by atoms with Crippen molar-refractivity contribution in [2.75, 3.05) is 52.4 Å². The minimum absolute atomic E-state index is 0.310. The normalized spacial score (nSPS) is 21.4. The Balaban J connectivity index is 1.51. The molecule has 3 aromatic carbocycles. The predicted octanol–water partition coefficient (Wildman–Crippen LogP) is 3.51. The second-order valence-electron chi connectivity index (χ2n) is 9.25. The lowest BCUT2D eigenvalue weighted by molar-refractivity contribution is 0.00242. The van der Waals surface area contributed by atoms with E-state index in [0.717, 1.165) is 26.2 Å². The van der Waals surface area contributed by atoms with Gasteiger partial charge in [0.1, 0.15) is 6.29 Å². The summed E-state index contributed by atoms with van der Waals surface area (Å²) in [6, 6.07) is 33.4. The molecule has 0 atom stereocenters. The average molecular weight is 425 g/mol. The second kappa shape index (κ2) is 8.45. The summed E-state index contributed by atoms with van der Waals surface area (Å²) in [6.07, 6.45) is 0.525. The van der Waals surface area contributed by atoms with Crippen LogP contribution in [0.2, 0.25) is 0 Å². The molecule has 6 rings (SSSR count). The molecule has 4 heteroatoms. The van der Waals surface area contributed by atoms with Crippen molar-refractivity contribution in [3.63, 3.8) is 0 Å². The first-order valence-corrected chi connectivity index (χ1v) is 12.0. The molecule has 0 radical (unpaired) electrons. The van der Waals surface area contributed by atoms with E-state index in [1.165, 1.54) is 42.9 Å². The van der Waals surface area contributed by atoms with Gasteiger partial charge in [-0.1, -0.05) is 91.0 Å². The van der Waals surface area contributed by atoms with Gasteiger partial charge in [-0.3, -0.25) is 19.6 Å². The van der Waals surface area contributed by atoms with Crippen molar-refractivity contribution in [1.82, 2.24) is 19.6 Å². The Morgan fingerprint density at radius 1 is 0.438 bits per heavy atom. The van der Waals surface area contributed by atoms with E-state index in [9.17, 15) is 0 Å². The van der Waals surface area contributed by atoms with Gasteiger partial charge in [0.15, 0.2) is 0 Å². The number of hydrogen-bond donors (Lipinski definition) is 0. The Morgan fingerprint density at radius 2 is 0.750 bits per heavy atom. The summed E-state index contributed by atoms with van der Waals surface area (Å²) in [5.74, 6) is 0. The monoisotopic (exact) mass is 424 g/mol. The molecule has 3 aromatic rings. The zero-order valence-corrected chi connectivity index (χ0v) is 18.7. The fraction of sp³-hybridized carbons (Fsp3) is 0.357. The van der Waals surface area contributed by atoms with Gasteiger partial charge in [0.05, 0.1) is 5.54 Å². The van der Waals surface area contributed by atoms with E-state index in [-0.39, 0.29) is 5.54 Å². The fourth-order valence-corrected chi connectivity index (χ4v) is 6.27. The van der Waals surface area contributed by atoms with E-state index < -0.39 is 0 Å².